The van der Waals surface area contributed by atoms with Crippen LogP contribution >= 0.6 is 11.6 Å². The van der Waals surface area contributed by atoms with Crippen molar-refractivity contribution in [3.05, 3.63) is 70.8 Å². The van der Waals surface area contributed by atoms with E-state index >= 15 is 0 Å². The molecule has 0 spiro atoms. The standard InChI is InChI=1S/C23H26ClN9O2/c1-32(11-15-8-9-16(34-2)10-18(15)35-3)21-19-22(29-23(24)28-21)33(13-27-19)12-14-6-4-5-7-17(14)20(30-25)31-26/h4-10,13H,11-12,25-26H2,1-3H3,(H,30,31). The van der Waals surface area contributed by atoms with Crippen molar-refractivity contribution >= 4 is 34.4 Å². The van der Waals surface area contributed by atoms with Gasteiger partial charge in [0.2, 0.25) is 5.28 Å². The highest BCUT2D eigenvalue weighted by Crippen LogP contribution is 2.29. The number of methoxy groups -OCH3 is 2. The minimum absolute atomic E-state index is 0.115. The minimum Gasteiger partial charge on any atom is -0.497 e. The number of imidazole rings is 1. The molecule has 0 fully saturated rings. The molecule has 2 aromatic carbocycles. The number of hydrazine groups is 1. The number of rotatable bonds is 8. The molecular weight excluding hydrogens is 470 g/mol. The molecule has 2 heterocycles. The average Bonchev–Trinajstić information content (AvgIpc) is 3.27. The topological polar surface area (TPSA) is 142 Å². The van der Waals surface area contributed by atoms with Gasteiger partial charge in [-0.05, 0) is 29.3 Å². The summed E-state index contributed by atoms with van der Waals surface area (Å²) < 4.78 is 12.7. The molecule has 0 aliphatic heterocycles. The van der Waals surface area contributed by atoms with E-state index < -0.39 is 0 Å². The Bertz CT molecular complexity index is 1370. The molecule has 4 rings (SSSR count). The van der Waals surface area contributed by atoms with Crippen LogP contribution < -0.4 is 31.5 Å². The second kappa shape index (κ2) is 10.5. The largest absolute Gasteiger partial charge is 0.497 e. The number of anilines is 1. The van der Waals surface area contributed by atoms with Gasteiger partial charge in [0.1, 0.15) is 11.5 Å². The van der Waals surface area contributed by atoms with Crippen LogP contribution in [-0.4, -0.2) is 46.6 Å². The van der Waals surface area contributed by atoms with Gasteiger partial charge in [0, 0.05) is 30.8 Å². The average molecular weight is 496 g/mol. The zero-order valence-corrected chi connectivity index (χ0v) is 20.3. The Labute approximate surface area is 207 Å². The van der Waals surface area contributed by atoms with Crippen molar-refractivity contribution in [2.45, 2.75) is 13.1 Å². The van der Waals surface area contributed by atoms with Gasteiger partial charge in [0.25, 0.3) is 0 Å². The lowest BCUT2D eigenvalue weighted by molar-refractivity contribution is 0.391. The third kappa shape index (κ3) is 4.91. The van der Waals surface area contributed by atoms with Crippen molar-refractivity contribution in [3.8, 4) is 11.5 Å². The molecule has 5 N–H and O–H groups in total. The molecule has 0 bridgehead atoms. The van der Waals surface area contributed by atoms with E-state index in [1.165, 1.54) is 0 Å². The van der Waals surface area contributed by atoms with Crippen LogP contribution in [0.25, 0.3) is 11.2 Å². The van der Waals surface area contributed by atoms with E-state index in [0.717, 1.165) is 16.7 Å². The monoisotopic (exact) mass is 495 g/mol. The zero-order valence-electron chi connectivity index (χ0n) is 19.6. The maximum absolute atomic E-state index is 6.33. The number of amidine groups is 1. The highest BCUT2D eigenvalue weighted by atomic mass is 35.5. The summed E-state index contributed by atoms with van der Waals surface area (Å²) in [6.07, 6.45) is 1.70. The number of nitrogens with one attached hydrogen (secondary N) is 1. The molecule has 12 heteroatoms. The van der Waals surface area contributed by atoms with Gasteiger partial charge in [-0.25, -0.2) is 10.8 Å². The quantitative estimate of drug-likeness (QED) is 0.110. The van der Waals surface area contributed by atoms with Gasteiger partial charge in [-0.15, -0.1) is 0 Å². The summed E-state index contributed by atoms with van der Waals surface area (Å²) in [6.45, 7) is 0.944. The summed E-state index contributed by atoms with van der Waals surface area (Å²) in [7, 11) is 5.15. The van der Waals surface area contributed by atoms with Crippen molar-refractivity contribution in [3.63, 3.8) is 0 Å². The predicted octanol–water partition coefficient (Wildman–Crippen LogP) is 2.27. The molecule has 0 saturated carbocycles. The van der Waals surface area contributed by atoms with Crippen molar-refractivity contribution < 1.29 is 9.47 Å². The molecule has 0 aliphatic carbocycles. The van der Waals surface area contributed by atoms with E-state index in [1.54, 1.807) is 20.5 Å². The molecule has 0 unspecified atom stereocenters. The number of nitrogens with zero attached hydrogens (tertiary/aromatic N) is 6. The van der Waals surface area contributed by atoms with Gasteiger partial charge in [-0.3, -0.25) is 0 Å². The third-order valence-corrected chi connectivity index (χ3v) is 5.73. The number of ether oxygens (including phenoxy) is 2. The van der Waals surface area contributed by atoms with Crippen molar-refractivity contribution in [2.75, 3.05) is 26.2 Å². The highest BCUT2D eigenvalue weighted by molar-refractivity contribution is 6.28. The molecule has 0 saturated heterocycles. The Hall–Kier alpha value is -4.09. The Morgan fingerprint density at radius 2 is 1.94 bits per heavy atom. The molecule has 0 aliphatic rings. The van der Waals surface area contributed by atoms with Crippen molar-refractivity contribution in [1.82, 2.24) is 24.9 Å². The molecule has 4 aromatic rings. The summed E-state index contributed by atoms with van der Waals surface area (Å²) in [5.41, 5.74) is 6.38. The fourth-order valence-electron chi connectivity index (χ4n) is 3.86. The number of fused-ring (bicyclic) bond motifs is 1. The maximum Gasteiger partial charge on any atom is 0.226 e. The normalized spacial score (nSPS) is 11.5. The number of benzene rings is 2. The van der Waals surface area contributed by atoms with Crippen LogP contribution in [-0.2, 0) is 13.1 Å². The molecule has 0 radical (unpaired) electrons. The summed E-state index contributed by atoms with van der Waals surface area (Å²) in [5.74, 6) is 13.5. The van der Waals surface area contributed by atoms with Gasteiger partial charge in [0.05, 0.1) is 27.1 Å². The first kappa shape index (κ1) is 24.0. The van der Waals surface area contributed by atoms with E-state index in [9.17, 15) is 0 Å². The smallest absolute Gasteiger partial charge is 0.226 e. The van der Waals surface area contributed by atoms with Gasteiger partial charge in [-0.1, -0.05) is 24.3 Å². The summed E-state index contributed by atoms with van der Waals surface area (Å²) >= 11 is 6.33. The van der Waals surface area contributed by atoms with E-state index in [4.69, 9.17) is 32.8 Å². The summed E-state index contributed by atoms with van der Waals surface area (Å²) in [4.78, 5) is 15.4. The predicted molar refractivity (Wildman–Crippen MR) is 136 cm³/mol. The van der Waals surface area contributed by atoms with E-state index in [2.05, 4.69) is 25.5 Å². The molecule has 2 aromatic heterocycles. The maximum atomic E-state index is 6.33. The fraction of sp³-hybridized carbons (Fsp3) is 0.217. The van der Waals surface area contributed by atoms with E-state index in [-0.39, 0.29) is 5.28 Å². The van der Waals surface area contributed by atoms with Gasteiger partial charge in [-0.2, -0.15) is 15.1 Å². The molecule has 11 nitrogen and oxygen atoms in total. The first-order valence-corrected chi connectivity index (χ1v) is 11.0. The van der Waals surface area contributed by atoms with Crippen LogP contribution in [0.4, 0.5) is 5.82 Å². The molecule has 35 heavy (non-hydrogen) atoms. The lowest BCUT2D eigenvalue weighted by Gasteiger charge is -2.20. The Morgan fingerprint density at radius 1 is 1.14 bits per heavy atom. The number of hydrogen-bond acceptors (Lipinski definition) is 9. The van der Waals surface area contributed by atoms with Gasteiger partial charge >= 0.3 is 0 Å². The Morgan fingerprint density at radius 3 is 2.66 bits per heavy atom. The van der Waals surface area contributed by atoms with Gasteiger partial charge < -0.3 is 30.2 Å². The van der Waals surface area contributed by atoms with Crippen molar-refractivity contribution in [2.24, 2.45) is 16.8 Å². The second-order valence-electron chi connectivity index (χ2n) is 7.67. The van der Waals surface area contributed by atoms with Crippen LogP contribution in [0.3, 0.4) is 0 Å². The fourth-order valence-corrected chi connectivity index (χ4v) is 4.02. The lowest BCUT2D eigenvalue weighted by Crippen LogP contribution is -2.33. The minimum atomic E-state index is 0.115. The Balaban J connectivity index is 1.69. The van der Waals surface area contributed by atoms with Crippen LogP contribution in [0, 0.1) is 0 Å². The molecule has 182 valence electrons. The molecular formula is C23H26ClN9O2. The highest BCUT2D eigenvalue weighted by Gasteiger charge is 2.19. The van der Waals surface area contributed by atoms with Crippen LogP contribution in [0.15, 0.2) is 53.9 Å². The first-order valence-electron chi connectivity index (χ1n) is 10.6. The van der Waals surface area contributed by atoms with E-state index in [0.29, 0.717) is 47.4 Å². The summed E-state index contributed by atoms with van der Waals surface area (Å²) in [5, 5.41) is 3.84. The number of hydrazone groups is 1. The number of nitrogens with two attached hydrogens (primary N) is 2. The SMILES string of the molecule is COc1ccc(CN(C)c2nc(Cl)nc3c2ncn3Cc2ccccc2/C(=N/N)NN)c(OC)c1. The Kier molecular flexibility index (Phi) is 7.18. The van der Waals surface area contributed by atoms with Crippen LogP contribution in [0.2, 0.25) is 5.28 Å². The zero-order chi connectivity index (χ0) is 24.9. The van der Waals surface area contributed by atoms with Gasteiger partial charge in [0.15, 0.2) is 22.8 Å². The summed E-state index contributed by atoms with van der Waals surface area (Å²) in [6, 6.07) is 13.3. The number of aromatic nitrogens is 4. The third-order valence-electron chi connectivity index (χ3n) is 5.56. The van der Waals surface area contributed by atoms with Crippen LogP contribution in [0.1, 0.15) is 16.7 Å². The molecule has 0 atom stereocenters. The second-order valence-corrected chi connectivity index (χ2v) is 8.01. The molecule has 0 amide bonds. The number of halogens is 1. The van der Waals surface area contributed by atoms with E-state index in [1.807, 2.05) is 59.0 Å². The number of hydrogen-bond donors (Lipinski definition) is 3. The first-order chi connectivity index (χ1) is 17.0. The van der Waals surface area contributed by atoms with Crippen LogP contribution in [0.5, 0.6) is 11.5 Å². The lowest BCUT2D eigenvalue weighted by atomic mass is 10.1. The van der Waals surface area contributed by atoms with Crippen molar-refractivity contribution in [1.29, 1.82) is 0 Å².